The molecule has 2 heterocycles. The summed E-state index contributed by atoms with van der Waals surface area (Å²) < 4.78 is 11.9. The first-order valence-corrected chi connectivity index (χ1v) is 7.50. The van der Waals surface area contributed by atoms with Crippen molar-refractivity contribution in [3.8, 4) is 17.0 Å². The summed E-state index contributed by atoms with van der Waals surface area (Å²) in [5, 5.41) is 0. The predicted molar refractivity (Wildman–Crippen MR) is 93.0 cm³/mol. The fourth-order valence-corrected chi connectivity index (χ4v) is 2.50. The van der Waals surface area contributed by atoms with Crippen LogP contribution < -0.4 is 4.74 Å². The second kappa shape index (κ2) is 6.58. The summed E-state index contributed by atoms with van der Waals surface area (Å²) >= 11 is 0. The number of fused-ring (bicyclic) bond motifs is 1. The first-order chi connectivity index (χ1) is 11.6. The molecule has 1 aromatic carbocycles. The molecule has 0 aliphatic heterocycles. The third kappa shape index (κ3) is 3.15. The summed E-state index contributed by atoms with van der Waals surface area (Å²) in [6, 6.07) is 9.68. The molecule has 3 aromatic rings. The van der Waals surface area contributed by atoms with Crippen LogP contribution in [0.2, 0.25) is 0 Å². The number of hydrogen-bond donors (Lipinski definition) is 0. The highest BCUT2D eigenvalue weighted by Crippen LogP contribution is 2.28. The van der Waals surface area contributed by atoms with Crippen LogP contribution in [-0.2, 0) is 9.53 Å². The van der Waals surface area contributed by atoms with Crippen molar-refractivity contribution < 1.29 is 14.3 Å². The quantitative estimate of drug-likeness (QED) is 0.545. The topological polar surface area (TPSA) is 52.8 Å². The summed E-state index contributed by atoms with van der Waals surface area (Å²) in [7, 11) is 2.96. The van der Waals surface area contributed by atoms with Crippen molar-refractivity contribution >= 4 is 17.7 Å². The van der Waals surface area contributed by atoms with Gasteiger partial charge in [0.15, 0.2) is 0 Å². The van der Waals surface area contributed by atoms with Gasteiger partial charge in [0.05, 0.1) is 19.9 Å². The standard InChI is InChI=1S/C19H18N2O3/c1-13-4-8-18-20-17(12-21(18)11-13)16-7-6-15(23-2)10-14(16)5-9-19(22)24-3/h4-12H,1-3H3/b9-5+. The minimum atomic E-state index is -0.408. The van der Waals surface area contributed by atoms with Gasteiger partial charge in [-0.2, -0.15) is 0 Å². The lowest BCUT2D eigenvalue weighted by Gasteiger charge is -2.06. The maximum atomic E-state index is 11.4. The van der Waals surface area contributed by atoms with Crippen LogP contribution in [-0.4, -0.2) is 29.6 Å². The molecule has 0 unspecified atom stereocenters. The van der Waals surface area contributed by atoms with Crippen LogP contribution in [0.5, 0.6) is 5.75 Å². The molecule has 0 bridgehead atoms. The molecule has 0 saturated carbocycles. The Morgan fingerprint density at radius 2 is 2.00 bits per heavy atom. The van der Waals surface area contributed by atoms with Crippen LogP contribution in [0.15, 0.2) is 48.8 Å². The van der Waals surface area contributed by atoms with E-state index in [4.69, 9.17) is 4.74 Å². The van der Waals surface area contributed by atoms with Gasteiger partial charge in [0.1, 0.15) is 11.4 Å². The van der Waals surface area contributed by atoms with Crippen LogP contribution in [0.4, 0.5) is 0 Å². The highest BCUT2D eigenvalue weighted by Gasteiger charge is 2.10. The number of esters is 1. The molecule has 0 atom stereocenters. The fraction of sp³-hybridized carbons (Fsp3) is 0.158. The number of pyridine rings is 1. The van der Waals surface area contributed by atoms with E-state index in [2.05, 4.69) is 9.72 Å². The second-order valence-electron chi connectivity index (χ2n) is 5.41. The van der Waals surface area contributed by atoms with Crippen LogP contribution in [0.25, 0.3) is 23.0 Å². The SMILES string of the molecule is COC(=O)/C=C/c1cc(OC)ccc1-c1cn2cc(C)ccc2n1. The summed E-state index contributed by atoms with van der Waals surface area (Å²) in [5.74, 6) is 0.303. The highest BCUT2D eigenvalue weighted by atomic mass is 16.5. The Hall–Kier alpha value is -3.08. The van der Waals surface area contributed by atoms with E-state index in [1.54, 1.807) is 13.2 Å². The van der Waals surface area contributed by atoms with Gasteiger partial charge in [-0.3, -0.25) is 0 Å². The maximum Gasteiger partial charge on any atom is 0.330 e. The monoisotopic (exact) mass is 322 g/mol. The normalized spacial score (nSPS) is 11.1. The molecule has 5 nitrogen and oxygen atoms in total. The predicted octanol–water partition coefficient (Wildman–Crippen LogP) is 3.50. The number of rotatable bonds is 4. The Balaban J connectivity index is 2.10. The minimum Gasteiger partial charge on any atom is -0.497 e. The fourth-order valence-electron chi connectivity index (χ4n) is 2.50. The molecule has 0 saturated heterocycles. The zero-order valence-corrected chi connectivity index (χ0v) is 13.8. The Labute approximate surface area is 140 Å². The van der Waals surface area contributed by atoms with Crippen molar-refractivity contribution in [2.45, 2.75) is 6.92 Å². The average molecular weight is 322 g/mol. The van der Waals surface area contributed by atoms with E-state index in [1.165, 1.54) is 13.2 Å². The molecule has 0 radical (unpaired) electrons. The summed E-state index contributed by atoms with van der Waals surface area (Å²) in [6.45, 7) is 2.04. The van der Waals surface area contributed by atoms with Crippen molar-refractivity contribution in [3.05, 3.63) is 59.9 Å². The Bertz CT molecular complexity index is 926. The van der Waals surface area contributed by atoms with E-state index in [0.717, 1.165) is 28.0 Å². The number of imidazole rings is 1. The molecule has 24 heavy (non-hydrogen) atoms. The Morgan fingerprint density at radius 1 is 1.17 bits per heavy atom. The lowest BCUT2D eigenvalue weighted by atomic mass is 10.0. The molecular weight excluding hydrogens is 304 g/mol. The van der Waals surface area contributed by atoms with Crippen molar-refractivity contribution in [2.75, 3.05) is 14.2 Å². The number of carbonyl (C=O) groups is 1. The van der Waals surface area contributed by atoms with E-state index < -0.39 is 5.97 Å². The zero-order chi connectivity index (χ0) is 17.1. The number of hydrogen-bond acceptors (Lipinski definition) is 4. The molecule has 0 fully saturated rings. The number of aromatic nitrogens is 2. The first-order valence-electron chi connectivity index (χ1n) is 7.50. The first kappa shape index (κ1) is 15.8. The van der Waals surface area contributed by atoms with Crippen molar-refractivity contribution in [1.82, 2.24) is 9.38 Å². The molecule has 3 rings (SSSR count). The smallest absolute Gasteiger partial charge is 0.330 e. The van der Waals surface area contributed by atoms with Gasteiger partial charge in [-0.25, -0.2) is 9.78 Å². The van der Waals surface area contributed by atoms with Gasteiger partial charge >= 0.3 is 5.97 Å². The van der Waals surface area contributed by atoms with Gasteiger partial charge in [0.25, 0.3) is 0 Å². The molecule has 5 heteroatoms. The number of carbonyl (C=O) groups excluding carboxylic acids is 1. The van der Waals surface area contributed by atoms with Crippen LogP contribution in [0.3, 0.4) is 0 Å². The number of aryl methyl sites for hydroxylation is 1. The number of nitrogens with zero attached hydrogens (tertiary/aromatic N) is 2. The number of ether oxygens (including phenoxy) is 2. The van der Waals surface area contributed by atoms with Crippen molar-refractivity contribution in [1.29, 1.82) is 0 Å². The molecule has 122 valence electrons. The van der Waals surface area contributed by atoms with E-state index in [9.17, 15) is 4.79 Å². The van der Waals surface area contributed by atoms with Crippen LogP contribution in [0, 0.1) is 6.92 Å². The minimum absolute atomic E-state index is 0.408. The average Bonchev–Trinajstić information content (AvgIpc) is 3.02. The molecule has 0 aliphatic rings. The third-order valence-corrected chi connectivity index (χ3v) is 3.73. The van der Waals surface area contributed by atoms with Gasteiger partial charge in [0, 0.05) is 24.0 Å². The molecule has 0 amide bonds. The van der Waals surface area contributed by atoms with Crippen molar-refractivity contribution in [2.24, 2.45) is 0 Å². The zero-order valence-electron chi connectivity index (χ0n) is 13.8. The van der Waals surface area contributed by atoms with E-state index in [-0.39, 0.29) is 0 Å². The third-order valence-electron chi connectivity index (χ3n) is 3.73. The lowest BCUT2D eigenvalue weighted by Crippen LogP contribution is -1.94. The summed E-state index contributed by atoms with van der Waals surface area (Å²) in [4.78, 5) is 16.1. The van der Waals surface area contributed by atoms with E-state index in [1.807, 2.05) is 54.0 Å². The number of methoxy groups -OCH3 is 2. The van der Waals surface area contributed by atoms with E-state index in [0.29, 0.717) is 5.75 Å². The Kier molecular flexibility index (Phi) is 4.33. The highest BCUT2D eigenvalue weighted by molar-refractivity contribution is 5.89. The van der Waals surface area contributed by atoms with Gasteiger partial charge < -0.3 is 13.9 Å². The molecule has 0 aliphatic carbocycles. The molecule has 2 aromatic heterocycles. The van der Waals surface area contributed by atoms with Gasteiger partial charge in [-0.05, 0) is 48.4 Å². The maximum absolute atomic E-state index is 11.4. The van der Waals surface area contributed by atoms with Crippen LogP contribution >= 0.6 is 0 Å². The lowest BCUT2D eigenvalue weighted by molar-refractivity contribution is -0.134. The van der Waals surface area contributed by atoms with Gasteiger partial charge in [-0.15, -0.1) is 0 Å². The Morgan fingerprint density at radius 3 is 2.75 bits per heavy atom. The summed E-state index contributed by atoms with van der Waals surface area (Å²) in [5.41, 5.74) is 4.60. The summed E-state index contributed by atoms with van der Waals surface area (Å²) in [6.07, 6.45) is 7.09. The van der Waals surface area contributed by atoms with Crippen molar-refractivity contribution in [3.63, 3.8) is 0 Å². The number of benzene rings is 1. The molecule has 0 spiro atoms. The van der Waals surface area contributed by atoms with E-state index >= 15 is 0 Å². The molecular formula is C19H18N2O3. The van der Waals surface area contributed by atoms with Gasteiger partial charge in [0.2, 0.25) is 0 Å². The molecule has 0 N–H and O–H groups in total. The van der Waals surface area contributed by atoms with Crippen LogP contribution in [0.1, 0.15) is 11.1 Å². The largest absolute Gasteiger partial charge is 0.497 e. The van der Waals surface area contributed by atoms with Gasteiger partial charge in [-0.1, -0.05) is 6.07 Å². The second-order valence-corrected chi connectivity index (χ2v) is 5.41.